The van der Waals surface area contributed by atoms with E-state index >= 15 is 0 Å². The molecule has 23 heavy (non-hydrogen) atoms. The molecule has 0 unspecified atom stereocenters. The Bertz CT molecular complexity index is 698. The number of hydrazone groups is 1. The summed E-state index contributed by atoms with van der Waals surface area (Å²) in [6.45, 7) is 0. The van der Waals surface area contributed by atoms with E-state index in [0.29, 0.717) is 0 Å². The summed E-state index contributed by atoms with van der Waals surface area (Å²) in [5.74, 6) is 0.629. The summed E-state index contributed by atoms with van der Waals surface area (Å²) in [6, 6.07) is 9.56. The van der Waals surface area contributed by atoms with Crippen LogP contribution in [-0.2, 0) is 12.8 Å². The average Bonchev–Trinajstić information content (AvgIpc) is 2.86. The first kappa shape index (κ1) is 15.7. The van der Waals surface area contributed by atoms with Gasteiger partial charge in [-0.15, -0.1) is 11.3 Å². The number of benzene rings is 1. The number of fused-ring (bicyclic) bond motifs is 1. The third kappa shape index (κ3) is 3.99. The monoisotopic (exact) mass is 328 g/mol. The van der Waals surface area contributed by atoms with E-state index in [2.05, 4.69) is 10.5 Å². The van der Waals surface area contributed by atoms with Crippen molar-refractivity contribution in [2.75, 3.05) is 7.11 Å². The number of thiophene rings is 1. The Hall–Kier alpha value is -2.14. The maximum atomic E-state index is 12.2. The second-order valence-corrected chi connectivity index (χ2v) is 6.73. The highest BCUT2D eigenvalue weighted by atomic mass is 32.1. The number of methoxy groups -OCH3 is 1. The smallest absolute Gasteiger partial charge is 0.281 e. The zero-order valence-electron chi connectivity index (χ0n) is 13.2. The lowest BCUT2D eigenvalue weighted by atomic mass is 10.1. The van der Waals surface area contributed by atoms with Crippen LogP contribution in [0.1, 0.15) is 44.9 Å². The van der Waals surface area contributed by atoms with Crippen LogP contribution in [0.2, 0.25) is 0 Å². The first-order valence-corrected chi connectivity index (χ1v) is 8.67. The van der Waals surface area contributed by atoms with E-state index in [1.54, 1.807) is 24.7 Å². The molecule has 1 heterocycles. The molecule has 1 aliphatic rings. The molecule has 1 aliphatic carbocycles. The molecule has 0 fully saturated rings. The molecule has 1 aromatic carbocycles. The number of amides is 1. The Morgan fingerprint density at radius 3 is 3.00 bits per heavy atom. The minimum atomic E-state index is -0.137. The van der Waals surface area contributed by atoms with Gasteiger partial charge in [0.2, 0.25) is 0 Å². The Morgan fingerprint density at radius 1 is 1.26 bits per heavy atom. The molecule has 1 aromatic heterocycles. The normalized spacial score (nSPS) is 14.3. The zero-order valence-corrected chi connectivity index (χ0v) is 14.0. The van der Waals surface area contributed by atoms with Crippen LogP contribution in [0.3, 0.4) is 0 Å². The lowest BCUT2D eigenvalue weighted by Crippen LogP contribution is -2.16. The molecule has 0 bridgehead atoms. The van der Waals surface area contributed by atoms with Crippen molar-refractivity contribution < 1.29 is 9.53 Å². The van der Waals surface area contributed by atoms with Gasteiger partial charge >= 0.3 is 0 Å². The fourth-order valence-corrected chi connectivity index (χ4v) is 3.87. The SMILES string of the molecule is COc1cccc(/C=N\NC(=O)c2cc3c(s2)CCCCC3)c1. The Labute approximate surface area is 140 Å². The van der Waals surface area contributed by atoms with Crippen molar-refractivity contribution in [3.05, 3.63) is 51.2 Å². The van der Waals surface area contributed by atoms with Crippen LogP contribution < -0.4 is 10.2 Å². The van der Waals surface area contributed by atoms with E-state index in [4.69, 9.17) is 4.74 Å². The standard InChI is InChI=1S/C18H20N2O2S/c1-22-15-8-5-6-13(10-15)12-19-20-18(21)17-11-14-7-3-2-4-9-16(14)23-17/h5-6,8,10-12H,2-4,7,9H2,1H3,(H,20,21)/b19-12-. The highest BCUT2D eigenvalue weighted by Crippen LogP contribution is 2.28. The van der Waals surface area contributed by atoms with E-state index in [-0.39, 0.29) is 5.91 Å². The van der Waals surface area contributed by atoms with Gasteiger partial charge in [0.1, 0.15) is 5.75 Å². The number of nitrogens with zero attached hydrogens (tertiary/aromatic N) is 1. The third-order valence-electron chi connectivity index (χ3n) is 3.94. The Kier molecular flexibility index (Phi) is 5.08. The molecule has 0 aliphatic heterocycles. The molecule has 4 nitrogen and oxygen atoms in total. The topological polar surface area (TPSA) is 50.7 Å². The van der Waals surface area contributed by atoms with Crippen LogP contribution in [0.5, 0.6) is 5.75 Å². The predicted octanol–water partition coefficient (Wildman–Crippen LogP) is 3.79. The van der Waals surface area contributed by atoms with Gasteiger partial charge in [-0.2, -0.15) is 5.10 Å². The zero-order chi connectivity index (χ0) is 16.1. The van der Waals surface area contributed by atoms with Crippen LogP contribution in [0.25, 0.3) is 0 Å². The number of nitrogens with one attached hydrogen (secondary N) is 1. The van der Waals surface area contributed by atoms with Crippen molar-refractivity contribution in [1.29, 1.82) is 0 Å². The summed E-state index contributed by atoms with van der Waals surface area (Å²) < 4.78 is 5.16. The van der Waals surface area contributed by atoms with Gasteiger partial charge in [0.25, 0.3) is 5.91 Å². The first-order chi connectivity index (χ1) is 11.3. The van der Waals surface area contributed by atoms with Crippen LogP contribution >= 0.6 is 11.3 Å². The molecular weight excluding hydrogens is 308 g/mol. The van der Waals surface area contributed by atoms with E-state index in [1.165, 1.54) is 29.7 Å². The highest BCUT2D eigenvalue weighted by Gasteiger charge is 2.15. The van der Waals surface area contributed by atoms with Gasteiger partial charge < -0.3 is 4.74 Å². The third-order valence-corrected chi connectivity index (χ3v) is 5.18. The summed E-state index contributed by atoms with van der Waals surface area (Å²) in [7, 11) is 1.62. The molecule has 0 radical (unpaired) electrons. The molecule has 1 amide bonds. The number of aryl methyl sites for hydroxylation is 2. The number of rotatable bonds is 4. The van der Waals surface area contributed by atoms with E-state index in [9.17, 15) is 4.79 Å². The number of carbonyl (C=O) groups excluding carboxylic acids is 1. The van der Waals surface area contributed by atoms with Gasteiger partial charge in [-0.25, -0.2) is 5.43 Å². The summed E-state index contributed by atoms with van der Waals surface area (Å²) >= 11 is 1.60. The number of hydrogen-bond donors (Lipinski definition) is 1. The highest BCUT2D eigenvalue weighted by molar-refractivity contribution is 7.14. The number of hydrogen-bond acceptors (Lipinski definition) is 4. The summed E-state index contributed by atoms with van der Waals surface area (Å²) in [6.07, 6.45) is 7.54. The largest absolute Gasteiger partial charge is 0.497 e. The van der Waals surface area contributed by atoms with Crippen LogP contribution in [0, 0.1) is 0 Å². The van der Waals surface area contributed by atoms with Gasteiger partial charge in [-0.05, 0) is 55.0 Å². The van der Waals surface area contributed by atoms with Crippen molar-refractivity contribution in [2.45, 2.75) is 32.1 Å². The lowest BCUT2D eigenvalue weighted by Gasteiger charge is -2.00. The Balaban J connectivity index is 1.64. The van der Waals surface area contributed by atoms with E-state index in [0.717, 1.165) is 29.0 Å². The van der Waals surface area contributed by atoms with Crippen molar-refractivity contribution in [2.24, 2.45) is 5.10 Å². The fourth-order valence-electron chi connectivity index (χ4n) is 2.72. The van der Waals surface area contributed by atoms with Gasteiger partial charge in [0, 0.05) is 4.88 Å². The van der Waals surface area contributed by atoms with Crippen molar-refractivity contribution in [3.8, 4) is 5.75 Å². The Morgan fingerprint density at radius 2 is 2.13 bits per heavy atom. The number of ether oxygens (including phenoxy) is 1. The van der Waals surface area contributed by atoms with Crippen molar-refractivity contribution in [1.82, 2.24) is 5.43 Å². The molecule has 5 heteroatoms. The second kappa shape index (κ2) is 7.42. The summed E-state index contributed by atoms with van der Waals surface area (Å²) in [5.41, 5.74) is 4.83. The number of carbonyl (C=O) groups is 1. The van der Waals surface area contributed by atoms with Gasteiger partial charge in [0.05, 0.1) is 18.2 Å². The van der Waals surface area contributed by atoms with Crippen LogP contribution in [0.4, 0.5) is 0 Å². The minimum absolute atomic E-state index is 0.137. The minimum Gasteiger partial charge on any atom is -0.497 e. The molecule has 1 N–H and O–H groups in total. The molecule has 0 spiro atoms. The van der Waals surface area contributed by atoms with Gasteiger partial charge in [0.15, 0.2) is 0 Å². The maximum Gasteiger partial charge on any atom is 0.281 e. The van der Waals surface area contributed by atoms with E-state index in [1.807, 2.05) is 30.3 Å². The van der Waals surface area contributed by atoms with E-state index < -0.39 is 0 Å². The van der Waals surface area contributed by atoms with Crippen LogP contribution in [-0.4, -0.2) is 19.2 Å². The first-order valence-electron chi connectivity index (χ1n) is 7.85. The van der Waals surface area contributed by atoms with Crippen molar-refractivity contribution >= 4 is 23.5 Å². The molecule has 0 saturated carbocycles. The maximum absolute atomic E-state index is 12.2. The molecule has 2 aromatic rings. The lowest BCUT2D eigenvalue weighted by molar-refractivity contribution is 0.0959. The fraction of sp³-hybridized carbons (Fsp3) is 0.333. The predicted molar refractivity (Wildman–Crippen MR) is 93.6 cm³/mol. The van der Waals surface area contributed by atoms with Gasteiger partial charge in [-0.1, -0.05) is 18.6 Å². The molecule has 0 atom stereocenters. The second-order valence-electron chi connectivity index (χ2n) is 5.60. The molecule has 3 rings (SSSR count). The van der Waals surface area contributed by atoms with Gasteiger partial charge in [-0.3, -0.25) is 4.79 Å². The molecular formula is C18H20N2O2S. The average molecular weight is 328 g/mol. The van der Waals surface area contributed by atoms with Crippen LogP contribution in [0.15, 0.2) is 35.4 Å². The molecule has 120 valence electrons. The van der Waals surface area contributed by atoms with Crippen molar-refractivity contribution in [3.63, 3.8) is 0 Å². The molecule has 0 saturated heterocycles. The summed E-state index contributed by atoms with van der Waals surface area (Å²) in [5, 5.41) is 4.04. The summed E-state index contributed by atoms with van der Waals surface area (Å²) in [4.78, 5) is 14.3. The quantitative estimate of drug-likeness (QED) is 0.527.